The molecule has 0 unspecified atom stereocenters. The van der Waals surface area contributed by atoms with Crippen LogP contribution in [-0.4, -0.2) is 0 Å². The highest BCUT2D eigenvalue weighted by Gasteiger charge is 2.04. The molecule has 1 heteroatoms. The van der Waals surface area contributed by atoms with E-state index < -0.39 is 0 Å². The Hall–Kier alpha value is -0.980. The number of hydrogen-bond donors (Lipinski definition) is 1. The van der Waals surface area contributed by atoms with Crippen molar-refractivity contribution in [2.24, 2.45) is 0 Å². The molecule has 0 fully saturated rings. The molecule has 0 atom stereocenters. The first kappa shape index (κ1) is 13.0. The van der Waals surface area contributed by atoms with E-state index in [9.17, 15) is 0 Å². The van der Waals surface area contributed by atoms with Gasteiger partial charge < -0.3 is 5.32 Å². The van der Waals surface area contributed by atoms with E-state index in [1.165, 1.54) is 11.1 Å². The Morgan fingerprint density at radius 2 is 1.71 bits per heavy atom. The number of rotatable bonds is 6. The summed E-state index contributed by atoms with van der Waals surface area (Å²) in [4.78, 5) is 0. The van der Waals surface area contributed by atoms with Gasteiger partial charge in [0.25, 0.3) is 0 Å². The number of nitrogens with one attached hydrogen (secondary N) is 1. The van der Waals surface area contributed by atoms with Crippen molar-refractivity contribution < 1.29 is 0 Å². The smallest absolute Gasteiger partial charge is 0.0340 e. The summed E-state index contributed by atoms with van der Waals surface area (Å²) in [6.07, 6.45) is 3.34. The zero-order valence-electron chi connectivity index (χ0n) is 10.0. The van der Waals surface area contributed by atoms with Crippen LogP contribution < -0.4 is 5.32 Å². The van der Waals surface area contributed by atoms with Gasteiger partial charge in [-0.15, -0.1) is 0 Å². The monoisotopic (exact) mass is 193 g/mol. The maximum absolute atomic E-state index is 4.05. The maximum atomic E-state index is 4.05. The SMILES string of the molecule is C=C(C)NC(=C)/C(CCC)=C(\C)CC. The van der Waals surface area contributed by atoms with E-state index in [4.69, 9.17) is 0 Å². The van der Waals surface area contributed by atoms with Gasteiger partial charge in [-0.1, -0.05) is 39.0 Å². The molecule has 1 nitrogen and oxygen atoms in total. The lowest BCUT2D eigenvalue weighted by atomic mass is 10.00. The van der Waals surface area contributed by atoms with Crippen LogP contribution in [0.5, 0.6) is 0 Å². The summed E-state index contributed by atoms with van der Waals surface area (Å²) in [5.41, 5.74) is 4.75. The minimum absolute atomic E-state index is 0.951. The van der Waals surface area contributed by atoms with Crippen molar-refractivity contribution >= 4 is 0 Å². The molecule has 14 heavy (non-hydrogen) atoms. The van der Waals surface area contributed by atoms with Crippen LogP contribution in [0.1, 0.15) is 47.0 Å². The molecule has 0 spiro atoms. The van der Waals surface area contributed by atoms with Crippen molar-refractivity contribution in [1.29, 1.82) is 0 Å². The summed E-state index contributed by atoms with van der Waals surface area (Å²) in [5.74, 6) is 0. The van der Waals surface area contributed by atoms with Gasteiger partial charge in [0, 0.05) is 11.4 Å². The van der Waals surface area contributed by atoms with Gasteiger partial charge in [-0.25, -0.2) is 0 Å². The maximum Gasteiger partial charge on any atom is 0.0340 e. The lowest BCUT2D eigenvalue weighted by Gasteiger charge is -2.15. The first-order chi connectivity index (χ1) is 6.52. The average Bonchev–Trinajstić information content (AvgIpc) is 2.11. The summed E-state index contributed by atoms with van der Waals surface area (Å²) >= 11 is 0. The Balaban J connectivity index is 4.66. The first-order valence-corrected chi connectivity index (χ1v) is 5.33. The van der Waals surface area contributed by atoms with Crippen molar-refractivity contribution in [3.63, 3.8) is 0 Å². The number of allylic oxidation sites excluding steroid dienone is 3. The molecule has 0 amide bonds. The van der Waals surface area contributed by atoms with Gasteiger partial charge in [-0.05, 0) is 32.3 Å². The zero-order chi connectivity index (χ0) is 11.1. The van der Waals surface area contributed by atoms with Gasteiger partial charge in [0.2, 0.25) is 0 Å². The van der Waals surface area contributed by atoms with Crippen LogP contribution in [0.2, 0.25) is 0 Å². The van der Waals surface area contributed by atoms with Crippen molar-refractivity contribution in [3.05, 3.63) is 35.7 Å². The second kappa shape index (κ2) is 6.47. The number of hydrogen-bond acceptors (Lipinski definition) is 1. The molecule has 0 aromatic rings. The molecule has 0 aromatic carbocycles. The molecule has 0 bridgehead atoms. The molecule has 80 valence electrons. The van der Waals surface area contributed by atoms with E-state index in [0.717, 1.165) is 30.7 Å². The van der Waals surface area contributed by atoms with Crippen LogP contribution in [0.4, 0.5) is 0 Å². The van der Waals surface area contributed by atoms with E-state index in [-0.39, 0.29) is 0 Å². The quantitative estimate of drug-likeness (QED) is 0.625. The highest BCUT2D eigenvalue weighted by atomic mass is 14.9. The summed E-state index contributed by atoms with van der Waals surface area (Å²) < 4.78 is 0. The molecule has 0 rings (SSSR count). The van der Waals surface area contributed by atoms with Crippen molar-refractivity contribution in [2.45, 2.75) is 47.0 Å². The van der Waals surface area contributed by atoms with Crippen LogP contribution in [-0.2, 0) is 0 Å². The molecule has 0 aliphatic carbocycles. The molecular weight excluding hydrogens is 170 g/mol. The molecule has 0 heterocycles. The van der Waals surface area contributed by atoms with Gasteiger partial charge in [-0.3, -0.25) is 0 Å². The Morgan fingerprint density at radius 1 is 1.14 bits per heavy atom. The fourth-order valence-electron chi connectivity index (χ4n) is 1.42. The highest BCUT2D eigenvalue weighted by Crippen LogP contribution is 2.19. The van der Waals surface area contributed by atoms with Gasteiger partial charge in [0.05, 0.1) is 0 Å². The Labute approximate surface area is 88.6 Å². The summed E-state index contributed by atoms with van der Waals surface area (Å²) in [6, 6.07) is 0. The first-order valence-electron chi connectivity index (χ1n) is 5.33. The third-order valence-corrected chi connectivity index (χ3v) is 2.27. The van der Waals surface area contributed by atoms with Crippen LogP contribution >= 0.6 is 0 Å². The zero-order valence-corrected chi connectivity index (χ0v) is 10.0. The summed E-state index contributed by atoms with van der Waals surface area (Å²) in [5, 5.41) is 3.20. The normalized spacial score (nSPS) is 12.0. The predicted molar refractivity (Wildman–Crippen MR) is 65.0 cm³/mol. The van der Waals surface area contributed by atoms with E-state index in [0.29, 0.717) is 0 Å². The Morgan fingerprint density at radius 3 is 2.07 bits per heavy atom. The molecule has 0 saturated heterocycles. The minimum Gasteiger partial charge on any atom is -0.360 e. The third-order valence-electron chi connectivity index (χ3n) is 2.27. The highest BCUT2D eigenvalue weighted by molar-refractivity contribution is 5.33. The summed E-state index contributed by atoms with van der Waals surface area (Å²) in [7, 11) is 0. The largest absolute Gasteiger partial charge is 0.360 e. The molecule has 0 saturated carbocycles. The van der Waals surface area contributed by atoms with Crippen molar-refractivity contribution in [3.8, 4) is 0 Å². The van der Waals surface area contributed by atoms with Crippen LogP contribution in [0.25, 0.3) is 0 Å². The molecule has 0 aliphatic heterocycles. The second-order valence-corrected chi connectivity index (χ2v) is 3.75. The van der Waals surface area contributed by atoms with Crippen LogP contribution in [0, 0.1) is 0 Å². The van der Waals surface area contributed by atoms with Crippen molar-refractivity contribution in [2.75, 3.05) is 0 Å². The van der Waals surface area contributed by atoms with Crippen molar-refractivity contribution in [1.82, 2.24) is 5.32 Å². The summed E-state index contributed by atoms with van der Waals surface area (Å²) in [6.45, 7) is 16.4. The molecule has 0 radical (unpaired) electrons. The third kappa shape index (κ3) is 4.31. The fourth-order valence-corrected chi connectivity index (χ4v) is 1.42. The Bertz CT molecular complexity index is 246. The second-order valence-electron chi connectivity index (χ2n) is 3.75. The van der Waals surface area contributed by atoms with E-state index in [2.05, 4.69) is 39.2 Å². The predicted octanol–water partition coefficient (Wildman–Crippen LogP) is 4.15. The Kier molecular flexibility index (Phi) is 6.02. The fraction of sp³-hybridized carbons (Fsp3) is 0.538. The lowest BCUT2D eigenvalue weighted by molar-refractivity contribution is 0.845. The minimum atomic E-state index is 0.951. The van der Waals surface area contributed by atoms with Gasteiger partial charge in [0.1, 0.15) is 0 Å². The lowest BCUT2D eigenvalue weighted by Crippen LogP contribution is -2.11. The van der Waals surface area contributed by atoms with E-state index in [1.807, 2.05) is 6.92 Å². The molecule has 0 aromatic heterocycles. The van der Waals surface area contributed by atoms with E-state index >= 15 is 0 Å². The van der Waals surface area contributed by atoms with Gasteiger partial charge in [0.15, 0.2) is 0 Å². The molecule has 1 N–H and O–H groups in total. The van der Waals surface area contributed by atoms with Gasteiger partial charge in [-0.2, -0.15) is 0 Å². The van der Waals surface area contributed by atoms with E-state index in [1.54, 1.807) is 0 Å². The van der Waals surface area contributed by atoms with Crippen LogP contribution in [0.3, 0.4) is 0 Å². The standard InChI is InChI=1S/C13H23N/c1-7-9-13(11(5)8-2)12(6)14-10(3)4/h14H,3,6-9H2,1-2,4-5H3/b13-11+. The molecule has 0 aliphatic rings. The average molecular weight is 193 g/mol. The van der Waals surface area contributed by atoms with Gasteiger partial charge >= 0.3 is 0 Å². The van der Waals surface area contributed by atoms with Crippen LogP contribution in [0.15, 0.2) is 35.7 Å². The topological polar surface area (TPSA) is 12.0 Å². The molecular formula is C13H23N.